The molecule has 6 N–H and O–H groups in total. The molecular weight excluding hydrogens is 444 g/mol. The number of sulfonamides is 1. The van der Waals surface area contributed by atoms with Crippen LogP contribution in [0.25, 0.3) is 10.9 Å². The first-order chi connectivity index (χ1) is 15.7. The summed E-state index contributed by atoms with van der Waals surface area (Å²) < 4.78 is 32.6. The number of aliphatic carboxylic acids is 1. The molecule has 2 aromatic carbocycles. The Labute approximate surface area is 192 Å². The number of rotatable bonds is 12. The summed E-state index contributed by atoms with van der Waals surface area (Å²) in [7, 11) is -3.69. The van der Waals surface area contributed by atoms with Crippen LogP contribution in [0.3, 0.4) is 0 Å². The maximum Gasteiger partial charge on any atom is 0.322 e. The van der Waals surface area contributed by atoms with Crippen molar-refractivity contribution in [2.45, 2.75) is 38.8 Å². The molecule has 0 fully saturated rings. The summed E-state index contributed by atoms with van der Waals surface area (Å²) in [5, 5.41) is 17.8. The maximum absolute atomic E-state index is 12.2. The molecule has 1 aromatic heterocycles. The van der Waals surface area contributed by atoms with Gasteiger partial charge in [0.15, 0.2) is 0 Å². The van der Waals surface area contributed by atoms with Crippen LogP contribution in [0.2, 0.25) is 0 Å². The minimum atomic E-state index is -3.69. The van der Waals surface area contributed by atoms with Crippen LogP contribution in [-0.4, -0.2) is 42.1 Å². The molecule has 33 heavy (non-hydrogen) atoms. The number of nitrogen functional groups attached to an aromatic ring is 1. The molecule has 1 heterocycles. The Morgan fingerprint density at radius 1 is 1.24 bits per heavy atom. The lowest BCUT2D eigenvalue weighted by Gasteiger charge is -2.14. The van der Waals surface area contributed by atoms with Gasteiger partial charge in [-0.15, -0.1) is 0 Å². The van der Waals surface area contributed by atoms with E-state index >= 15 is 0 Å². The topological polar surface area (TPSA) is 158 Å². The zero-order valence-electron chi connectivity index (χ0n) is 18.3. The fraction of sp³-hybridized carbons (Fsp3) is 0.304. The number of benzene rings is 2. The Balaban J connectivity index is 1.74. The van der Waals surface area contributed by atoms with Crippen LogP contribution in [0.1, 0.15) is 36.5 Å². The Hall–Kier alpha value is -3.37. The van der Waals surface area contributed by atoms with Gasteiger partial charge < -0.3 is 20.6 Å². The first-order valence-corrected chi connectivity index (χ1v) is 12.2. The molecule has 10 heteroatoms. The number of unbranched alkanes of at least 4 members (excludes halogenated alkanes) is 1. The lowest BCUT2D eigenvalue weighted by molar-refractivity contribution is -0.138. The van der Waals surface area contributed by atoms with E-state index in [0.29, 0.717) is 36.3 Å². The average Bonchev–Trinajstić information content (AvgIpc) is 3.18. The average molecular weight is 473 g/mol. The summed E-state index contributed by atoms with van der Waals surface area (Å²) in [5.41, 5.74) is 8.47. The number of ether oxygens (including phenoxy) is 1. The maximum atomic E-state index is 12.2. The van der Waals surface area contributed by atoms with E-state index < -0.39 is 22.0 Å². The van der Waals surface area contributed by atoms with E-state index in [2.05, 4.69) is 9.71 Å². The smallest absolute Gasteiger partial charge is 0.322 e. The van der Waals surface area contributed by atoms with Crippen molar-refractivity contribution in [3.63, 3.8) is 0 Å². The summed E-state index contributed by atoms with van der Waals surface area (Å²) in [4.78, 5) is 14.8. The normalized spacial score (nSPS) is 12.5. The Bertz CT molecular complexity index is 1240. The van der Waals surface area contributed by atoms with Crippen molar-refractivity contribution in [1.82, 2.24) is 9.71 Å². The summed E-state index contributed by atoms with van der Waals surface area (Å²) in [6.45, 7) is 2.18. The third kappa shape index (κ3) is 6.56. The minimum Gasteiger partial charge on any atom is -0.489 e. The Morgan fingerprint density at radius 2 is 1.97 bits per heavy atom. The number of nitrogens with two attached hydrogens (primary N) is 1. The lowest BCUT2D eigenvalue weighted by atomic mass is 10.1. The third-order valence-electron chi connectivity index (χ3n) is 5.22. The summed E-state index contributed by atoms with van der Waals surface area (Å²) >= 11 is 0. The van der Waals surface area contributed by atoms with E-state index in [0.717, 1.165) is 16.5 Å². The van der Waals surface area contributed by atoms with Crippen LogP contribution in [0, 0.1) is 5.41 Å². The number of aromatic amines is 1. The van der Waals surface area contributed by atoms with Gasteiger partial charge >= 0.3 is 5.97 Å². The first-order valence-electron chi connectivity index (χ1n) is 10.6. The second-order valence-corrected chi connectivity index (χ2v) is 9.68. The molecule has 0 aliphatic carbocycles. The van der Waals surface area contributed by atoms with Gasteiger partial charge in [0.2, 0.25) is 10.0 Å². The van der Waals surface area contributed by atoms with Crippen LogP contribution in [0.4, 0.5) is 0 Å². The largest absolute Gasteiger partial charge is 0.489 e. The van der Waals surface area contributed by atoms with E-state index in [1.165, 1.54) is 0 Å². The molecule has 0 saturated carbocycles. The number of carboxylic acid groups (broad SMARTS) is 1. The van der Waals surface area contributed by atoms with Crippen molar-refractivity contribution < 1.29 is 23.1 Å². The predicted octanol–water partition coefficient (Wildman–Crippen LogP) is 2.75. The molecular formula is C23H28N4O5S. The fourth-order valence-electron chi connectivity index (χ4n) is 3.37. The number of nitrogens with one attached hydrogen (secondary N) is 3. The summed E-state index contributed by atoms with van der Waals surface area (Å²) in [5.74, 6) is -0.743. The van der Waals surface area contributed by atoms with Gasteiger partial charge in [-0.2, -0.15) is 0 Å². The second kappa shape index (κ2) is 10.5. The highest BCUT2D eigenvalue weighted by molar-refractivity contribution is 7.89. The number of hydrogen-bond acceptors (Lipinski definition) is 5. The highest BCUT2D eigenvalue weighted by atomic mass is 32.2. The summed E-state index contributed by atoms with van der Waals surface area (Å²) in [6, 6.07) is 11.3. The molecule has 0 bridgehead atoms. The van der Waals surface area contributed by atoms with Gasteiger partial charge in [0.25, 0.3) is 0 Å². The molecule has 1 atom stereocenters. The van der Waals surface area contributed by atoms with E-state index in [1.807, 2.05) is 25.1 Å². The van der Waals surface area contributed by atoms with Gasteiger partial charge in [0, 0.05) is 29.1 Å². The molecule has 0 saturated heterocycles. The first kappa shape index (κ1) is 24.3. The van der Waals surface area contributed by atoms with Crippen LogP contribution < -0.4 is 15.2 Å². The molecule has 0 radical (unpaired) electrons. The molecule has 3 aromatic rings. The number of carbonyl (C=O) groups is 1. The van der Waals surface area contributed by atoms with Crippen LogP contribution in [0.5, 0.6) is 5.75 Å². The number of carboxylic acids is 1. The molecule has 0 amide bonds. The van der Waals surface area contributed by atoms with Crippen molar-refractivity contribution in [3.05, 3.63) is 65.4 Å². The van der Waals surface area contributed by atoms with Gasteiger partial charge in [0.05, 0.1) is 5.75 Å². The van der Waals surface area contributed by atoms with Gasteiger partial charge in [-0.3, -0.25) is 10.2 Å². The number of amidine groups is 1. The number of aromatic nitrogens is 1. The van der Waals surface area contributed by atoms with Crippen molar-refractivity contribution in [2.24, 2.45) is 5.73 Å². The molecule has 0 spiro atoms. The monoisotopic (exact) mass is 472 g/mol. The number of H-pyrrole nitrogens is 1. The standard InChI is InChI=1S/C23H28N4O5S/c1-2-3-10-33(30,31)27-21(23(28)29)11-17-13-26-20-9-8-18(12-19(17)20)32-14-15-4-6-16(7-5-15)22(24)25/h4-9,12-13,21,26-27H,2-3,10-11,14H2,1H3,(H3,24,25)(H,28,29). The van der Waals surface area contributed by atoms with Crippen molar-refractivity contribution in [2.75, 3.05) is 5.75 Å². The zero-order chi connectivity index (χ0) is 24.0. The Kier molecular flexibility index (Phi) is 7.72. The van der Waals surface area contributed by atoms with Crippen LogP contribution >= 0.6 is 0 Å². The second-order valence-electron chi connectivity index (χ2n) is 7.81. The SMILES string of the molecule is CCCCS(=O)(=O)NC(Cc1c[nH]c2ccc(OCc3ccc(C(=N)N)cc3)cc12)C(=O)O. The van der Waals surface area contributed by atoms with Gasteiger partial charge in [0.1, 0.15) is 24.2 Å². The highest BCUT2D eigenvalue weighted by Crippen LogP contribution is 2.25. The zero-order valence-corrected chi connectivity index (χ0v) is 19.1. The number of fused-ring (bicyclic) bond motifs is 1. The molecule has 1 unspecified atom stereocenters. The molecule has 9 nitrogen and oxygen atoms in total. The van der Waals surface area contributed by atoms with Crippen LogP contribution in [0.15, 0.2) is 48.7 Å². The molecule has 176 valence electrons. The van der Waals surface area contributed by atoms with E-state index in [1.54, 1.807) is 30.5 Å². The van der Waals surface area contributed by atoms with E-state index in [9.17, 15) is 18.3 Å². The highest BCUT2D eigenvalue weighted by Gasteiger charge is 2.25. The van der Waals surface area contributed by atoms with Crippen molar-refractivity contribution in [1.29, 1.82) is 5.41 Å². The quantitative estimate of drug-likeness (QED) is 0.201. The van der Waals surface area contributed by atoms with E-state index in [-0.39, 0.29) is 18.0 Å². The van der Waals surface area contributed by atoms with Gasteiger partial charge in [-0.25, -0.2) is 13.1 Å². The van der Waals surface area contributed by atoms with Gasteiger partial charge in [-0.05, 0) is 35.7 Å². The van der Waals surface area contributed by atoms with Crippen molar-refractivity contribution in [3.8, 4) is 5.75 Å². The molecule has 3 rings (SSSR count). The van der Waals surface area contributed by atoms with Crippen LogP contribution in [-0.2, 0) is 27.8 Å². The Morgan fingerprint density at radius 3 is 2.61 bits per heavy atom. The third-order valence-corrected chi connectivity index (χ3v) is 6.69. The fourth-order valence-corrected chi connectivity index (χ4v) is 4.78. The predicted molar refractivity (Wildman–Crippen MR) is 127 cm³/mol. The van der Waals surface area contributed by atoms with E-state index in [4.69, 9.17) is 15.9 Å². The summed E-state index contributed by atoms with van der Waals surface area (Å²) in [6.07, 6.45) is 2.85. The number of hydrogen-bond donors (Lipinski definition) is 5. The lowest BCUT2D eigenvalue weighted by Crippen LogP contribution is -2.43. The molecule has 0 aliphatic heterocycles. The van der Waals surface area contributed by atoms with Gasteiger partial charge in [-0.1, -0.05) is 37.6 Å². The minimum absolute atomic E-state index is 0.000209. The van der Waals surface area contributed by atoms with Crippen molar-refractivity contribution >= 4 is 32.7 Å². The molecule has 0 aliphatic rings.